The van der Waals surface area contributed by atoms with Crippen molar-refractivity contribution in [2.45, 2.75) is 57.0 Å². The van der Waals surface area contributed by atoms with Gasteiger partial charge in [0.2, 0.25) is 17.7 Å². The van der Waals surface area contributed by atoms with Crippen LogP contribution in [0.15, 0.2) is 54.6 Å². The Morgan fingerprint density at radius 2 is 1.71 bits per heavy atom. The summed E-state index contributed by atoms with van der Waals surface area (Å²) in [6, 6.07) is 17.3. The van der Waals surface area contributed by atoms with Crippen molar-refractivity contribution >= 4 is 35.0 Å². The summed E-state index contributed by atoms with van der Waals surface area (Å²) in [6.45, 7) is 5.05. The Balaban J connectivity index is 1.42. The molecule has 2 aliphatic heterocycles. The number of hydrogen-bond acceptors (Lipinski definition) is 3. The van der Waals surface area contributed by atoms with Gasteiger partial charge in [0.15, 0.2) is 0 Å². The second-order valence-electron chi connectivity index (χ2n) is 9.65. The lowest BCUT2D eigenvalue weighted by molar-refractivity contribution is -0.137. The number of nitrogens with one attached hydrogen (secondary N) is 1. The Morgan fingerprint density at radius 1 is 1.06 bits per heavy atom. The average molecular weight is 482 g/mol. The molecule has 1 atom stereocenters. The minimum atomic E-state index is -0.615. The van der Waals surface area contributed by atoms with Gasteiger partial charge in [-0.05, 0) is 56.7 Å². The number of carbonyl (C=O) groups is 3. The molecule has 1 saturated heterocycles. The van der Waals surface area contributed by atoms with Gasteiger partial charge in [0.05, 0.1) is 5.41 Å². The maximum Gasteiger partial charge on any atom is 0.245 e. The molecule has 4 rings (SSSR count). The molecule has 0 spiro atoms. The van der Waals surface area contributed by atoms with Crippen molar-refractivity contribution in [3.63, 3.8) is 0 Å². The fourth-order valence-corrected chi connectivity index (χ4v) is 5.19. The van der Waals surface area contributed by atoms with Crippen LogP contribution in [0.25, 0.3) is 0 Å². The average Bonchev–Trinajstić information content (AvgIpc) is 3.07. The number of carbonyl (C=O) groups excluding carboxylic acids is 3. The second kappa shape index (κ2) is 10.2. The van der Waals surface area contributed by atoms with E-state index in [-0.39, 0.29) is 29.6 Å². The second-order valence-corrected chi connectivity index (χ2v) is 9.92. The van der Waals surface area contributed by atoms with Gasteiger partial charge in [-0.3, -0.25) is 14.4 Å². The summed E-state index contributed by atoms with van der Waals surface area (Å²) < 4.78 is 0. The van der Waals surface area contributed by atoms with Gasteiger partial charge in [-0.1, -0.05) is 48.5 Å². The van der Waals surface area contributed by atoms with Gasteiger partial charge in [0.1, 0.15) is 11.9 Å². The van der Waals surface area contributed by atoms with Gasteiger partial charge in [0.25, 0.3) is 0 Å². The molecular formula is C27H32ClN3O3. The van der Waals surface area contributed by atoms with Gasteiger partial charge in [-0.25, -0.2) is 0 Å². The monoisotopic (exact) mass is 481 g/mol. The number of anilines is 1. The number of benzene rings is 2. The van der Waals surface area contributed by atoms with Crippen molar-refractivity contribution in [1.29, 1.82) is 0 Å². The zero-order chi connectivity index (χ0) is 24.3. The molecule has 0 radical (unpaired) electrons. The third kappa shape index (κ3) is 4.83. The van der Waals surface area contributed by atoms with Crippen LogP contribution in [0.5, 0.6) is 0 Å². The van der Waals surface area contributed by atoms with Crippen LogP contribution < -0.4 is 10.2 Å². The Labute approximate surface area is 206 Å². The number of aryl methyl sites for hydroxylation is 1. The molecule has 2 aliphatic rings. The summed E-state index contributed by atoms with van der Waals surface area (Å²) in [6.07, 6.45) is 2.61. The minimum Gasteiger partial charge on any atom is -0.343 e. The van der Waals surface area contributed by atoms with E-state index in [0.29, 0.717) is 38.8 Å². The van der Waals surface area contributed by atoms with E-state index in [1.807, 2.05) is 78.2 Å². The standard InChI is InChI=1S/C27H32ClN3O3/c1-27(2)21-10-6-7-11-23(21)31(26(27)34)20-14-16-30(17-15-20)25(33)22(29-24(32)18-28)13-12-19-8-4-3-5-9-19/h3-11,20,22H,12-18H2,1-2H3,(H,29,32). The Kier molecular flexibility index (Phi) is 7.27. The van der Waals surface area contributed by atoms with E-state index >= 15 is 0 Å². The van der Waals surface area contributed by atoms with Crippen LogP contribution in [0.1, 0.15) is 44.2 Å². The van der Waals surface area contributed by atoms with Gasteiger partial charge in [0, 0.05) is 24.8 Å². The van der Waals surface area contributed by atoms with E-state index in [9.17, 15) is 14.4 Å². The van der Waals surface area contributed by atoms with Gasteiger partial charge in [-0.15, -0.1) is 11.6 Å². The zero-order valence-electron chi connectivity index (χ0n) is 19.8. The summed E-state index contributed by atoms with van der Waals surface area (Å²) >= 11 is 5.70. The Morgan fingerprint density at radius 3 is 2.38 bits per heavy atom. The number of piperidine rings is 1. The number of hydrogen-bond donors (Lipinski definition) is 1. The molecule has 0 bridgehead atoms. The molecule has 2 heterocycles. The topological polar surface area (TPSA) is 69.7 Å². The maximum absolute atomic E-state index is 13.4. The highest BCUT2D eigenvalue weighted by Gasteiger charge is 2.46. The third-order valence-corrected chi connectivity index (χ3v) is 7.29. The molecule has 3 amide bonds. The van der Waals surface area contributed by atoms with Crippen molar-refractivity contribution in [3.8, 4) is 0 Å². The third-order valence-electron chi connectivity index (χ3n) is 7.05. The summed E-state index contributed by atoms with van der Waals surface area (Å²) in [5.74, 6) is -0.483. The van der Waals surface area contributed by atoms with Crippen molar-refractivity contribution in [2.24, 2.45) is 0 Å². The summed E-state index contributed by atoms with van der Waals surface area (Å²) in [5, 5.41) is 2.80. The first-order chi connectivity index (χ1) is 16.3. The molecule has 34 heavy (non-hydrogen) atoms. The number of para-hydroxylation sites is 1. The zero-order valence-corrected chi connectivity index (χ0v) is 20.6. The van der Waals surface area contributed by atoms with Crippen molar-refractivity contribution in [3.05, 3.63) is 65.7 Å². The highest BCUT2D eigenvalue weighted by Crippen LogP contribution is 2.43. The lowest BCUT2D eigenvalue weighted by Gasteiger charge is -2.38. The van der Waals surface area contributed by atoms with E-state index < -0.39 is 11.5 Å². The van der Waals surface area contributed by atoms with E-state index in [2.05, 4.69) is 5.32 Å². The molecule has 1 fully saturated rings. The number of likely N-dealkylation sites (tertiary alicyclic amines) is 1. The minimum absolute atomic E-state index is 0.0553. The van der Waals surface area contributed by atoms with E-state index in [0.717, 1.165) is 16.8 Å². The molecule has 1 unspecified atom stereocenters. The van der Waals surface area contributed by atoms with Gasteiger partial charge in [-0.2, -0.15) is 0 Å². The van der Waals surface area contributed by atoms with Gasteiger partial charge >= 0.3 is 0 Å². The van der Waals surface area contributed by atoms with Crippen LogP contribution in [0, 0.1) is 0 Å². The summed E-state index contributed by atoms with van der Waals surface area (Å²) in [7, 11) is 0. The molecule has 180 valence electrons. The Bertz CT molecular complexity index is 1050. The molecule has 7 heteroatoms. The number of amides is 3. The predicted octanol–water partition coefficient (Wildman–Crippen LogP) is 3.66. The van der Waals surface area contributed by atoms with Crippen molar-refractivity contribution < 1.29 is 14.4 Å². The number of nitrogens with zero attached hydrogens (tertiary/aromatic N) is 2. The van der Waals surface area contributed by atoms with Crippen molar-refractivity contribution in [2.75, 3.05) is 23.9 Å². The van der Waals surface area contributed by atoms with E-state index in [1.54, 1.807) is 0 Å². The van der Waals surface area contributed by atoms with E-state index in [4.69, 9.17) is 11.6 Å². The summed E-state index contributed by atoms with van der Waals surface area (Å²) in [5.41, 5.74) is 2.62. The van der Waals surface area contributed by atoms with Crippen LogP contribution >= 0.6 is 11.6 Å². The summed E-state index contributed by atoms with van der Waals surface area (Å²) in [4.78, 5) is 42.4. The van der Waals surface area contributed by atoms with E-state index in [1.165, 1.54) is 0 Å². The highest BCUT2D eigenvalue weighted by molar-refractivity contribution is 6.27. The van der Waals surface area contributed by atoms with Crippen LogP contribution in [0.4, 0.5) is 5.69 Å². The number of alkyl halides is 1. The first-order valence-electron chi connectivity index (χ1n) is 11.9. The first kappa shape index (κ1) is 24.3. The molecule has 2 aromatic rings. The maximum atomic E-state index is 13.4. The fraction of sp³-hybridized carbons (Fsp3) is 0.444. The lowest BCUT2D eigenvalue weighted by Crippen LogP contribution is -2.54. The quantitative estimate of drug-likeness (QED) is 0.613. The molecule has 6 nitrogen and oxygen atoms in total. The molecule has 0 aromatic heterocycles. The Hall–Kier alpha value is -2.86. The predicted molar refractivity (Wildman–Crippen MR) is 134 cm³/mol. The van der Waals surface area contributed by atoms with Crippen molar-refractivity contribution in [1.82, 2.24) is 10.2 Å². The number of rotatable bonds is 7. The molecular weight excluding hydrogens is 450 g/mol. The molecule has 2 aromatic carbocycles. The SMILES string of the molecule is CC1(C)C(=O)N(C2CCN(C(=O)C(CCc3ccccc3)NC(=O)CCl)CC2)c2ccccc21. The highest BCUT2D eigenvalue weighted by atomic mass is 35.5. The normalized spacial score (nSPS) is 18.5. The molecule has 0 saturated carbocycles. The van der Waals surface area contributed by atoms with Gasteiger partial charge < -0.3 is 15.1 Å². The number of halogens is 1. The fourth-order valence-electron chi connectivity index (χ4n) is 5.11. The lowest BCUT2D eigenvalue weighted by atomic mass is 9.86. The number of fused-ring (bicyclic) bond motifs is 1. The van der Waals surface area contributed by atoms with Crippen LogP contribution in [0.2, 0.25) is 0 Å². The van der Waals surface area contributed by atoms with Crippen LogP contribution in [-0.2, 0) is 26.2 Å². The smallest absolute Gasteiger partial charge is 0.245 e. The molecule has 0 aliphatic carbocycles. The first-order valence-corrected chi connectivity index (χ1v) is 12.5. The molecule has 1 N–H and O–H groups in total. The van der Waals surface area contributed by atoms with Crippen LogP contribution in [0.3, 0.4) is 0 Å². The largest absolute Gasteiger partial charge is 0.343 e. The van der Waals surface area contributed by atoms with Crippen LogP contribution in [-0.4, -0.2) is 53.7 Å².